The lowest BCUT2D eigenvalue weighted by molar-refractivity contribution is 0.663. The van der Waals surface area contributed by atoms with Crippen LogP contribution in [0.4, 0.5) is 4.39 Å². The van der Waals surface area contributed by atoms with Crippen molar-refractivity contribution in [2.75, 3.05) is 0 Å². The van der Waals surface area contributed by atoms with Gasteiger partial charge >= 0.3 is 0 Å². The van der Waals surface area contributed by atoms with Crippen molar-refractivity contribution in [3.8, 4) is 0 Å². The Balaban J connectivity index is 3.37. The first-order valence-electron chi connectivity index (χ1n) is 3.79. The number of hydrogen-bond donors (Lipinski definition) is 0. The lowest BCUT2D eigenvalue weighted by Gasteiger charge is -1.87. The Morgan fingerprint density at radius 3 is 2.70 bits per heavy atom. The Morgan fingerprint density at radius 2 is 2.20 bits per heavy atom. The maximum Gasteiger partial charge on any atom is 0.118 e. The monoisotopic (exact) mass is 142 g/mol. The van der Waals surface area contributed by atoms with Crippen molar-refractivity contribution in [1.82, 2.24) is 0 Å². The van der Waals surface area contributed by atoms with Gasteiger partial charge in [0.2, 0.25) is 0 Å². The van der Waals surface area contributed by atoms with Crippen molar-refractivity contribution < 1.29 is 4.39 Å². The molecular formula is C9H15F. The van der Waals surface area contributed by atoms with Crippen molar-refractivity contribution in [3.63, 3.8) is 0 Å². The third kappa shape index (κ3) is 5.54. The van der Waals surface area contributed by atoms with Crippen molar-refractivity contribution in [3.05, 3.63) is 24.1 Å². The van der Waals surface area contributed by atoms with Crippen LogP contribution in [0.25, 0.3) is 0 Å². The maximum absolute atomic E-state index is 12.3. The van der Waals surface area contributed by atoms with E-state index in [-0.39, 0.29) is 5.83 Å². The highest BCUT2D eigenvalue weighted by Gasteiger charge is 1.81. The Hall–Kier alpha value is -0.590. The topological polar surface area (TPSA) is 0 Å². The van der Waals surface area contributed by atoms with Gasteiger partial charge in [-0.05, 0) is 19.4 Å². The molecule has 0 N–H and O–H groups in total. The number of allylic oxidation sites excluding steroid dienone is 4. The Morgan fingerprint density at radius 1 is 1.50 bits per heavy atom. The molecule has 0 radical (unpaired) electrons. The molecule has 1 heteroatoms. The molecule has 10 heavy (non-hydrogen) atoms. The zero-order valence-corrected chi connectivity index (χ0v) is 6.73. The number of unbranched alkanes of at least 4 members (excludes halogenated alkanes) is 2. The van der Waals surface area contributed by atoms with Crippen LogP contribution in [0, 0.1) is 0 Å². The van der Waals surface area contributed by atoms with Crippen LogP contribution in [0.15, 0.2) is 24.1 Å². The predicted molar refractivity (Wildman–Crippen MR) is 43.5 cm³/mol. The fourth-order valence-corrected chi connectivity index (χ4v) is 0.614. The summed E-state index contributed by atoms with van der Waals surface area (Å²) in [5.41, 5.74) is 0. The quantitative estimate of drug-likeness (QED) is 0.415. The molecule has 0 fully saturated rings. The minimum Gasteiger partial charge on any atom is -0.207 e. The smallest absolute Gasteiger partial charge is 0.118 e. The molecule has 0 aliphatic heterocycles. The molecule has 0 bridgehead atoms. The summed E-state index contributed by atoms with van der Waals surface area (Å²) in [6.07, 6.45) is 8.16. The van der Waals surface area contributed by atoms with E-state index < -0.39 is 0 Å². The van der Waals surface area contributed by atoms with Crippen LogP contribution in [-0.2, 0) is 0 Å². The van der Waals surface area contributed by atoms with Gasteiger partial charge < -0.3 is 0 Å². The van der Waals surface area contributed by atoms with Crippen LogP contribution < -0.4 is 0 Å². The molecule has 0 amide bonds. The van der Waals surface area contributed by atoms with Crippen molar-refractivity contribution in [2.24, 2.45) is 0 Å². The molecule has 0 heterocycles. The molecule has 0 saturated heterocycles. The zero-order valence-electron chi connectivity index (χ0n) is 6.73. The van der Waals surface area contributed by atoms with Crippen LogP contribution in [-0.4, -0.2) is 0 Å². The van der Waals surface area contributed by atoms with E-state index in [4.69, 9.17) is 0 Å². The first kappa shape index (κ1) is 9.41. The lowest BCUT2D eigenvalue weighted by atomic mass is 10.2. The highest BCUT2D eigenvalue weighted by molar-refractivity contribution is 5.09. The molecule has 0 spiro atoms. The number of hydrogen-bond acceptors (Lipinski definition) is 0. The minimum atomic E-state index is -0.142. The van der Waals surface area contributed by atoms with E-state index in [1.807, 2.05) is 6.08 Å². The molecule has 0 aliphatic carbocycles. The van der Waals surface area contributed by atoms with Crippen LogP contribution in [0.2, 0.25) is 0 Å². The second kappa shape index (κ2) is 6.53. The van der Waals surface area contributed by atoms with E-state index in [1.54, 1.807) is 6.92 Å². The second-order valence-corrected chi connectivity index (χ2v) is 2.22. The van der Waals surface area contributed by atoms with Crippen molar-refractivity contribution in [1.29, 1.82) is 0 Å². The van der Waals surface area contributed by atoms with Gasteiger partial charge in [-0.2, -0.15) is 0 Å². The SMILES string of the molecule is CC=C(F)C=CCCCC. The fourth-order valence-electron chi connectivity index (χ4n) is 0.614. The van der Waals surface area contributed by atoms with Gasteiger partial charge in [-0.15, -0.1) is 0 Å². The Kier molecular flexibility index (Phi) is 6.14. The molecule has 0 aromatic carbocycles. The van der Waals surface area contributed by atoms with Gasteiger partial charge in [0.25, 0.3) is 0 Å². The first-order chi connectivity index (χ1) is 4.81. The van der Waals surface area contributed by atoms with E-state index in [1.165, 1.54) is 18.6 Å². The van der Waals surface area contributed by atoms with Crippen LogP contribution in [0.5, 0.6) is 0 Å². The summed E-state index contributed by atoms with van der Waals surface area (Å²) >= 11 is 0. The summed E-state index contributed by atoms with van der Waals surface area (Å²) in [5, 5.41) is 0. The zero-order chi connectivity index (χ0) is 7.82. The van der Waals surface area contributed by atoms with E-state index >= 15 is 0 Å². The molecule has 0 atom stereocenters. The van der Waals surface area contributed by atoms with E-state index in [2.05, 4.69) is 6.92 Å². The summed E-state index contributed by atoms with van der Waals surface area (Å²) in [4.78, 5) is 0. The minimum absolute atomic E-state index is 0.142. The summed E-state index contributed by atoms with van der Waals surface area (Å²) < 4.78 is 12.3. The Bertz CT molecular complexity index is 123. The van der Waals surface area contributed by atoms with E-state index in [9.17, 15) is 4.39 Å². The molecule has 0 unspecified atom stereocenters. The highest BCUT2D eigenvalue weighted by atomic mass is 19.1. The standard InChI is InChI=1S/C9H15F/c1-3-5-6-7-8-9(10)4-2/h4,7-8H,3,5-6H2,1-2H3. The van der Waals surface area contributed by atoms with Gasteiger partial charge in [-0.1, -0.05) is 31.9 Å². The van der Waals surface area contributed by atoms with Crippen molar-refractivity contribution in [2.45, 2.75) is 33.1 Å². The van der Waals surface area contributed by atoms with Gasteiger partial charge in [-0.25, -0.2) is 4.39 Å². The average molecular weight is 142 g/mol. The lowest BCUT2D eigenvalue weighted by Crippen LogP contribution is -1.67. The molecular weight excluding hydrogens is 127 g/mol. The molecule has 0 aromatic rings. The summed E-state index contributed by atoms with van der Waals surface area (Å²) in [6, 6.07) is 0. The van der Waals surface area contributed by atoms with Gasteiger partial charge in [-0.3, -0.25) is 0 Å². The first-order valence-corrected chi connectivity index (χ1v) is 3.79. The second-order valence-electron chi connectivity index (χ2n) is 2.22. The fraction of sp³-hybridized carbons (Fsp3) is 0.556. The van der Waals surface area contributed by atoms with Gasteiger partial charge in [0.15, 0.2) is 0 Å². The maximum atomic E-state index is 12.3. The number of rotatable bonds is 4. The third-order valence-corrected chi connectivity index (χ3v) is 1.28. The molecule has 0 rings (SSSR count). The Labute approximate surface area is 62.4 Å². The average Bonchev–Trinajstić information content (AvgIpc) is 1.98. The van der Waals surface area contributed by atoms with Crippen LogP contribution >= 0.6 is 0 Å². The van der Waals surface area contributed by atoms with Crippen molar-refractivity contribution >= 4 is 0 Å². The summed E-state index contributed by atoms with van der Waals surface area (Å²) in [5.74, 6) is -0.142. The summed E-state index contributed by atoms with van der Waals surface area (Å²) in [7, 11) is 0. The van der Waals surface area contributed by atoms with Gasteiger partial charge in [0.1, 0.15) is 5.83 Å². The molecule has 0 nitrogen and oxygen atoms in total. The highest BCUT2D eigenvalue weighted by Crippen LogP contribution is 2.01. The molecule has 0 saturated carbocycles. The normalized spacial score (nSPS) is 12.9. The van der Waals surface area contributed by atoms with E-state index in [0.29, 0.717) is 0 Å². The van der Waals surface area contributed by atoms with Gasteiger partial charge in [0, 0.05) is 0 Å². The predicted octanol–water partition coefficient (Wildman–Crippen LogP) is 3.61. The summed E-state index contributed by atoms with van der Waals surface area (Å²) in [6.45, 7) is 3.82. The van der Waals surface area contributed by atoms with Gasteiger partial charge in [0.05, 0.1) is 0 Å². The van der Waals surface area contributed by atoms with Crippen LogP contribution in [0.1, 0.15) is 33.1 Å². The van der Waals surface area contributed by atoms with E-state index in [0.717, 1.165) is 12.8 Å². The van der Waals surface area contributed by atoms with Crippen LogP contribution in [0.3, 0.4) is 0 Å². The molecule has 0 aliphatic rings. The molecule has 0 aromatic heterocycles. The molecule has 58 valence electrons. The third-order valence-electron chi connectivity index (χ3n) is 1.28. The largest absolute Gasteiger partial charge is 0.207 e. The number of halogens is 1.